The molecule has 234 valence electrons. The lowest BCUT2D eigenvalue weighted by Gasteiger charge is -2.23. The van der Waals surface area contributed by atoms with E-state index in [2.05, 4.69) is 63.4 Å². The Morgan fingerprint density at radius 1 is 1.07 bits per heavy atom. The first-order valence-electron chi connectivity index (χ1n) is 15.9. The first kappa shape index (κ1) is 34.4. The molecule has 1 fully saturated rings. The van der Waals surface area contributed by atoms with E-state index in [1.54, 1.807) is 13.2 Å². The summed E-state index contributed by atoms with van der Waals surface area (Å²) in [6.45, 7) is 14.5. The van der Waals surface area contributed by atoms with Crippen LogP contribution in [-0.2, 0) is 9.47 Å². The Labute approximate surface area is 258 Å². The fourth-order valence-corrected chi connectivity index (χ4v) is 5.42. The molecular weight excluding hydrogens is 539 g/mol. The predicted octanol–water partition coefficient (Wildman–Crippen LogP) is 8.94. The van der Waals surface area contributed by atoms with Gasteiger partial charge in [-0.1, -0.05) is 83.0 Å². The van der Waals surface area contributed by atoms with Crippen molar-refractivity contribution in [2.45, 2.75) is 79.4 Å². The minimum atomic E-state index is -0.425. The molecule has 3 aromatic rings. The number of aromatic nitrogens is 1. The number of halogens is 1. The molecule has 5 nitrogen and oxygen atoms in total. The molecule has 0 bridgehead atoms. The highest BCUT2D eigenvalue weighted by molar-refractivity contribution is 5.71. The molecule has 2 unspecified atom stereocenters. The highest BCUT2D eigenvalue weighted by Crippen LogP contribution is 2.35. The largest absolute Gasteiger partial charge is 0.390 e. The van der Waals surface area contributed by atoms with Gasteiger partial charge in [0.2, 0.25) is 0 Å². The number of nitrogens with one attached hydrogen (secondary N) is 1. The molecule has 2 aromatic carbocycles. The van der Waals surface area contributed by atoms with Crippen LogP contribution in [0.1, 0.15) is 71.6 Å². The summed E-state index contributed by atoms with van der Waals surface area (Å²) >= 11 is 0. The Morgan fingerprint density at radius 3 is 2.26 bits per heavy atom. The molecule has 1 aliphatic heterocycles. The van der Waals surface area contributed by atoms with Gasteiger partial charge in [-0.2, -0.15) is 0 Å². The Balaban J connectivity index is 0.00000162. The molecular formula is C37H51FN2O3. The molecule has 0 spiro atoms. The van der Waals surface area contributed by atoms with Gasteiger partial charge in [0.25, 0.3) is 0 Å². The maximum absolute atomic E-state index is 15.1. The van der Waals surface area contributed by atoms with Crippen LogP contribution in [0.4, 0.5) is 10.1 Å². The number of hydrogen-bond donors (Lipinski definition) is 2. The average Bonchev–Trinajstić information content (AvgIpc) is 3.38. The molecule has 4 atom stereocenters. The van der Waals surface area contributed by atoms with E-state index in [9.17, 15) is 5.11 Å². The number of methoxy groups -OCH3 is 1. The van der Waals surface area contributed by atoms with E-state index < -0.39 is 6.10 Å². The maximum Gasteiger partial charge on any atom is 0.149 e. The van der Waals surface area contributed by atoms with Crippen LogP contribution in [0, 0.1) is 24.6 Å². The van der Waals surface area contributed by atoms with Gasteiger partial charge in [0, 0.05) is 24.9 Å². The fourth-order valence-electron chi connectivity index (χ4n) is 5.42. The Kier molecular flexibility index (Phi) is 13.8. The van der Waals surface area contributed by atoms with Gasteiger partial charge in [-0.25, -0.2) is 9.37 Å². The monoisotopic (exact) mass is 590 g/mol. The maximum atomic E-state index is 15.1. The second kappa shape index (κ2) is 17.3. The minimum Gasteiger partial charge on any atom is -0.390 e. The van der Waals surface area contributed by atoms with Gasteiger partial charge >= 0.3 is 0 Å². The Hall–Kier alpha value is -3.06. The number of anilines is 1. The molecule has 43 heavy (non-hydrogen) atoms. The third-order valence-corrected chi connectivity index (χ3v) is 8.10. The number of rotatable bonds is 12. The molecule has 1 aromatic heterocycles. The molecule has 0 radical (unpaired) electrons. The Bertz CT molecular complexity index is 1290. The van der Waals surface area contributed by atoms with Crippen LogP contribution in [0.3, 0.4) is 0 Å². The van der Waals surface area contributed by atoms with Crippen LogP contribution in [0.15, 0.2) is 60.2 Å². The van der Waals surface area contributed by atoms with E-state index in [-0.39, 0.29) is 17.8 Å². The van der Waals surface area contributed by atoms with E-state index >= 15 is 4.39 Å². The lowest BCUT2D eigenvalue weighted by atomic mass is 9.84. The summed E-state index contributed by atoms with van der Waals surface area (Å²) in [5.74, 6) is 0.311. The van der Waals surface area contributed by atoms with Crippen LogP contribution in [0.2, 0.25) is 0 Å². The fraction of sp³-hybridized carbons (Fsp3) is 0.486. The zero-order valence-corrected chi connectivity index (χ0v) is 27.1. The standard InChI is InChI=1S/C34H43FN2O3.C3H8/c1-6-24(19-28-21-40-34(23(28)4)32(38)7-2)20-31-22(3)18-30(35)33(37-31)27-10-8-25(9-11-27)26-12-14-29(15-13-26)36-16-17-39-5;1-3-2/h8-15,18,20,23,28,32,34,36,38H,6-7,16-17,19,21H2,1-5H3;3H2,1-2H3/b24-20+;/t23-,28?,32?,34+;/m1./s1. The van der Waals surface area contributed by atoms with Gasteiger partial charge in [0.05, 0.1) is 31.1 Å². The highest BCUT2D eigenvalue weighted by atomic mass is 19.1. The SMILES string of the molecule is CC/C(=C\c1nc(-c2ccc(-c3ccc(NCCOC)cc3)cc2)c(F)cc1C)CC1CO[C@H](C(O)CC)[C@@H]1C.CCC. The van der Waals surface area contributed by atoms with Crippen molar-refractivity contribution in [3.05, 3.63) is 77.2 Å². The molecule has 1 saturated heterocycles. The summed E-state index contributed by atoms with van der Waals surface area (Å²) in [4.78, 5) is 4.79. The third-order valence-electron chi connectivity index (χ3n) is 8.10. The summed E-state index contributed by atoms with van der Waals surface area (Å²) in [5, 5.41) is 13.6. The van der Waals surface area contributed by atoms with Crippen LogP contribution in [0.25, 0.3) is 28.5 Å². The van der Waals surface area contributed by atoms with E-state index in [1.807, 2.05) is 38.1 Å². The number of benzene rings is 2. The highest BCUT2D eigenvalue weighted by Gasteiger charge is 2.37. The van der Waals surface area contributed by atoms with Gasteiger partial charge in [0.15, 0.2) is 0 Å². The molecule has 0 saturated carbocycles. The summed E-state index contributed by atoms with van der Waals surface area (Å²) in [7, 11) is 1.69. The van der Waals surface area contributed by atoms with Gasteiger partial charge in [-0.15, -0.1) is 0 Å². The third kappa shape index (κ3) is 9.46. The lowest BCUT2D eigenvalue weighted by Crippen LogP contribution is -2.30. The number of nitrogens with zero attached hydrogens (tertiary/aromatic N) is 1. The van der Waals surface area contributed by atoms with Crippen molar-refractivity contribution in [1.82, 2.24) is 4.98 Å². The number of hydrogen-bond acceptors (Lipinski definition) is 5. The van der Waals surface area contributed by atoms with Crippen LogP contribution < -0.4 is 5.32 Å². The van der Waals surface area contributed by atoms with Crippen molar-refractivity contribution in [1.29, 1.82) is 0 Å². The van der Waals surface area contributed by atoms with Gasteiger partial charge in [0.1, 0.15) is 11.5 Å². The average molecular weight is 591 g/mol. The normalized spacial score (nSPS) is 19.1. The summed E-state index contributed by atoms with van der Waals surface area (Å²) in [6.07, 6.45) is 5.29. The van der Waals surface area contributed by atoms with Crippen molar-refractivity contribution < 1.29 is 19.0 Å². The van der Waals surface area contributed by atoms with E-state index in [0.717, 1.165) is 53.0 Å². The topological polar surface area (TPSA) is 63.6 Å². The zero-order chi connectivity index (χ0) is 31.4. The van der Waals surface area contributed by atoms with Crippen LogP contribution in [-0.4, -0.2) is 49.2 Å². The summed E-state index contributed by atoms with van der Waals surface area (Å²) < 4.78 is 26.2. The number of allylic oxidation sites excluding steroid dienone is 1. The number of aliphatic hydroxyl groups is 1. The molecule has 4 rings (SSSR count). The lowest BCUT2D eigenvalue weighted by molar-refractivity contribution is -0.0176. The van der Waals surface area contributed by atoms with Gasteiger partial charge < -0.3 is 19.9 Å². The number of ether oxygens (including phenoxy) is 2. The second-order valence-electron chi connectivity index (χ2n) is 11.6. The van der Waals surface area contributed by atoms with E-state index in [0.29, 0.717) is 31.2 Å². The van der Waals surface area contributed by atoms with Crippen LogP contribution in [0.5, 0.6) is 0 Å². The van der Waals surface area contributed by atoms with E-state index in [1.165, 1.54) is 12.0 Å². The zero-order valence-electron chi connectivity index (χ0n) is 27.1. The molecule has 0 amide bonds. The number of pyridine rings is 1. The first-order chi connectivity index (χ1) is 20.8. The second-order valence-corrected chi connectivity index (χ2v) is 11.6. The Morgan fingerprint density at radius 2 is 1.67 bits per heavy atom. The quantitative estimate of drug-likeness (QED) is 0.206. The van der Waals surface area contributed by atoms with Crippen molar-refractivity contribution >= 4 is 11.8 Å². The number of aryl methyl sites for hydroxylation is 1. The minimum absolute atomic E-state index is 0.108. The van der Waals surface area contributed by atoms with Crippen molar-refractivity contribution in [2.75, 3.05) is 32.2 Å². The van der Waals surface area contributed by atoms with Gasteiger partial charge in [-0.3, -0.25) is 0 Å². The van der Waals surface area contributed by atoms with Crippen molar-refractivity contribution in [2.24, 2.45) is 11.8 Å². The molecule has 6 heteroatoms. The molecule has 1 aliphatic rings. The smallest absolute Gasteiger partial charge is 0.149 e. The predicted molar refractivity (Wildman–Crippen MR) is 178 cm³/mol. The van der Waals surface area contributed by atoms with E-state index in [4.69, 9.17) is 14.5 Å². The van der Waals surface area contributed by atoms with Crippen molar-refractivity contribution in [3.8, 4) is 22.4 Å². The number of aliphatic hydroxyl groups excluding tert-OH is 1. The molecule has 2 N–H and O–H groups in total. The van der Waals surface area contributed by atoms with Crippen molar-refractivity contribution in [3.63, 3.8) is 0 Å². The van der Waals surface area contributed by atoms with Gasteiger partial charge in [-0.05, 0) is 79.0 Å². The molecule has 0 aliphatic carbocycles. The molecule has 2 heterocycles. The van der Waals surface area contributed by atoms with Crippen LogP contribution >= 0.6 is 0 Å². The first-order valence-corrected chi connectivity index (χ1v) is 15.9. The summed E-state index contributed by atoms with van der Waals surface area (Å²) in [5.41, 5.74) is 7.19. The summed E-state index contributed by atoms with van der Waals surface area (Å²) in [6, 6.07) is 17.7.